The first-order valence-corrected chi connectivity index (χ1v) is 15.2. The van der Waals surface area contributed by atoms with Crippen molar-refractivity contribution in [2.45, 2.75) is 64.4 Å². The summed E-state index contributed by atoms with van der Waals surface area (Å²) in [6.07, 6.45) is 30.6. The zero-order valence-corrected chi connectivity index (χ0v) is 25.2. The Morgan fingerprint density at radius 2 is 1.26 bits per heavy atom. The van der Waals surface area contributed by atoms with Gasteiger partial charge >= 0.3 is 13.8 Å². The molecule has 0 saturated carbocycles. The number of quaternary nitrogens is 1. The van der Waals surface area contributed by atoms with E-state index < -0.39 is 33.1 Å². The topological polar surface area (TPSA) is 102 Å². The van der Waals surface area contributed by atoms with Gasteiger partial charge in [-0.05, 0) is 44.9 Å². The number of phosphoric ester groups is 1. The third kappa shape index (κ3) is 27.3. The SMILES string of the molecule is CC/C=C\C/C=C\C/C=C\C/C=C\C/C=C\C/C=C\CCC(=O)OC(CO)COP(=O)(O)OCC[N+](C)(C)C. The monoisotopic (exact) mass is 568 g/mol. The minimum absolute atomic E-state index is 0.0345. The molecule has 0 aromatic rings. The fraction of sp³-hybridized carbons (Fsp3) is 0.567. The molecule has 2 atom stereocenters. The van der Waals surface area contributed by atoms with Gasteiger partial charge in [-0.1, -0.05) is 79.8 Å². The van der Waals surface area contributed by atoms with Crippen molar-refractivity contribution in [3.8, 4) is 0 Å². The van der Waals surface area contributed by atoms with Crippen molar-refractivity contribution in [1.29, 1.82) is 0 Å². The second-order valence-corrected chi connectivity index (χ2v) is 11.3. The normalized spacial score (nSPS) is 15.5. The summed E-state index contributed by atoms with van der Waals surface area (Å²) in [6.45, 7) is 1.73. The van der Waals surface area contributed by atoms with Crippen LogP contribution in [-0.2, 0) is 23.1 Å². The van der Waals surface area contributed by atoms with E-state index in [0.717, 1.165) is 38.5 Å². The van der Waals surface area contributed by atoms with Gasteiger partial charge in [0, 0.05) is 6.42 Å². The molecular weight excluding hydrogens is 517 g/mol. The lowest BCUT2D eigenvalue weighted by Gasteiger charge is -2.24. The Hall–Kier alpha value is -2.06. The van der Waals surface area contributed by atoms with E-state index in [9.17, 15) is 19.4 Å². The van der Waals surface area contributed by atoms with Crippen molar-refractivity contribution in [2.75, 3.05) is 47.5 Å². The van der Waals surface area contributed by atoms with E-state index in [1.165, 1.54) is 0 Å². The second-order valence-electron chi connectivity index (χ2n) is 9.86. The maximum absolute atomic E-state index is 12.0. The summed E-state index contributed by atoms with van der Waals surface area (Å²) in [5.74, 6) is -0.518. The number of hydrogen-bond acceptors (Lipinski definition) is 6. The van der Waals surface area contributed by atoms with E-state index in [-0.39, 0.29) is 13.0 Å². The number of carbonyl (C=O) groups excluding carboxylic acids is 1. The largest absolute Gasteiger partial charge is 0.472 e. The third-order valence-electron chi connectivity index (χ3n) is 5.05. The zero-order chi connectivity index (χ0) is 29.2. The smallest absolute Gasteiger partial charge is 0.457 e. The lowest BCUT2D eigenvalue weighted by Crippen LogP contribution is -2.37. The van der Waals surface area contributed by atoms with Gasteiger partial charge in [0.05, 0.1) is 34.4 Å². The van der Waals surface area contributed by atoms with Crippen molar-refractivity contribution in [2.24, 2.45) is 0 Å². The van der Waals surface area contributed by atoms with Gasteiger partial charge in [-0.25, -0.2) is 4.57 Å². The molecule has 0 aromatic carbocycles. The third-order valence-corrected chi connectivity index (χ3v) is 6.04. The average Bonchev–Trinajstić information content (AvgIpc) is 2.87. The molecule has 0 amide bonds. The van der Waals surface area contributed by atoms with Crippen LogP contribution < -0.4 is 0 Å². The van der Waals surface area contributed by atoms with Crippen LogP contribution in [0, 0.1) is 0 Å². The maximum Gasteiger partial charge on any atom is 0.472 e. The molecule has 222 valence electrons. The Kier molecular flexibility index (Phi) is 22.5. The molecule has 8 nitrogen and oxygen atoms in total. The molecule has 0 spiro atoms. The van der Waals surface area contributed by atoms with Gasteiger partial charge in [0.15, 0.2) is 0 Å². The molecule has 0 aromatic heterocycles. The number of allylic oxidation sites excluding steroid dienone is 12. The Bertz CT molecular complexity index is 854. The van der Waals surface area contributed by atoms with Crippen LogP contribution in [0.3, 0.4) is 0 Å². The Labute approximate surface area is 236 Å². The van der Waals surface area contributed by atoms with Crippen LogP contribution in [0.4, 0.5) is 0 Å². The first kappa shape index (κ1) is 36.9. The van der Waals surface area contributed by atoms with Crippen molar-refractivity contribution in [3.05, 3.63) is 72.9 Å². The first-order valence-electron chi connectivity index (χ1n) is 13.7. The number of carbonyl (C=O) groups is 1. The molecule has 0 radical (unpaired) electrons. The fourth-order valence-corrected chi connectivity index (χ4v) is 3.60. The molecule has 0 aliphatic carbocycles. The molecule has 0 rings (SSSR count). The van der Waals surface area contributed by atoms with Gasteiger partial charge in [-0.15, -0.1) is 0 Å². The van der Waals surface area contributed by atoms with Crippen LogP contribution in [0.1, 0.15) is 58.3 Å². The number of hydrogen-bond donors (Lipinski definition) is 2. The number of esters is 1. The van der Waals surface area contributed by atoms with Crippen LogP contribution in [0.5, 0.6) is 0 Å². The molecular formula is C30H51NO7P+. The van der Waals surface area contributed by atoms with Crippen molar-refractivity contribution in [1.82, 2.24) is 0 Å². The summed E-state index contributed by atoms with van der Waals surface area (Å²) in [7, 11) is 1.49. The number of likely N-dealkylation sites (N-methyl/N-ethyl adjacent to an activating group) is 1. The highest BCUT2D eigenvalue weighted by Gasteiger charge is 2.25. The van der Waals surface area contributed by atoms with Crippen LogP contribution in [0.25, 0.3) is 0 Å². The van der Waals surface area contributed by atoms with Gasteiger partial charge < -0.3 is 19.2 Å². The summed E-state index contributed by atoms with van der Waals surface area (Å²) >= 11 is 0. The Morgan fingerprint density at radius 1 is 0.795 bits per heavy atom. The summed E-state index contributed by atoms with van der Waals surface area (Å²) in [5.41, 5.74) is 0. The number of aliphatic hydroxyl groups is 1. The molecule has 9 heteroatoms. The first-order chi connectivity index (χ1) is 18.6. The van der Waals surface area contributed by atoms with E-state index in [1.54, 1.807) is 0 Å². The standard InChI is InChI=1S/C30H50NO7P/c1-5-6-7-8-9-10-11-12-13-14-15-16-17-18-19-20-21-22-23-24-30(33)38-29(27-32)28-37-39(34,35)36-26-25-31(2,3)4/h6-7,9-10,12-13,15-16,18-19,21-22,29,32H,5,8,11,14,17,20,23-28H2,1-4H3/p+1/b7-6-,10-9-,13-12-,16-15-,19-18-,22-21-. The predicted molar refractivity (Wildman–Crippen MR) is 159 cm³/mol. The molecule has 0 fully saturated rings. The molecule has 0 aliphatic heterocycles. The lowest BCUT2D eigenvalue weighted by molar-refractivity contribution is -0.870. The molecule has 0 saturated heterocycles. The molecule has 2 unspecified atom stereocenters. The summed E-state index contributed by atoms with van der Waals surface area (Å²) in [4.78, 5) is 21.7. The number of ether oxygens (including phenoxy) is 1. The van der Waals surface area contributed by atoms with Gasteiger partial charge in [-0.3, -0.25) is 13.8 Å². The highest BCUT2D eigenvalue weighted by molar-refractivity contribution is 7.47. The molecule has 0 heterocycles. The summed E-state index contributed by atoms with van der Waals surface area (Å²) < 4.78 is 27.4. The molecule has 39 heavy (non-hydrogen) atoms. The average molecular weight is 569 g/mol. The van der Waals surface area contributed by atoms with E-state index in [1.807, 2.05) is 33.3 Å². The van der Waals surface area contributed by atoms with Gasteiger partial charge in [0.2, 0.25) is 0 Å². The van der Waals surface area contributed by atoms with Gasteiger partial charge in [-0.2, -0.15) is 0 Å². The Balaban J connectivity index is 3.95. The number of phosphoric acid groups is 1. The highest BCUT2D eigenvalue weighted by Crippen LogP contribution is 2.43. The van der Waals surface area contributed by atoms with E-state index in [2.05, 4.69) is 67.7 Å². The Morgan fingerprint density at radius 3 is 1.69 bits per heavy atom. The molecule has 0 bridgehead atoms. The number of nitrogens with zero attached hydrogens (tertiary/aromatic N) is 1. The predicted octanol–water partition coefficient (Wildman–Crippen LogP) is 6.21. The summed E-state index contributed by atoms with van der Waals surface area (Å²) in [6, 6.07) is 0. The van der Waals surface area contributed by atoms with Crippen LogP contribution in [-0.4, -0.2) is 74.1 Å². The fourth-order valence-electron chi connectivity index (χ4n) is 2.85. The van der Waals surface area contributed by atoms with Gasteiger partial charge in [0.1, 0.15) is 19.3 Å². The van der Waals surface area contributed by atoms with Crippen molar-refractivity contribution < 1.29 is 37.6 Å². The zero-order valence-electron chi connectivity index (χ0n) is 24.3. The lowest BCUT2D eigenvalue weighted by atomic mass is 10.2. The highest BCUT2D eigenvalue weighted by atomic mass is 31.2. The quantitative estimate of drug-likeness (QED) is 0.0654. The minimum Gasteiger partial charge on any atom is -0.457 e. The molecule has 2 N–H and O–H groups in total. The van der Waals surface area contributed by atoms with Crippen molar-refractivity contribution >= 4 is 13.8 Å². The van der Waals surface area contributed by atoms with Crippen LogP contribution >= 0.6 is 7.82 Å². The van der Waals surface area contributed by atoms with Gasteiger partial charge in [0.25, 0.3) is 0 Å². The maximum atomic E-state index is 12.0. The number of aliphatic hydroxyl groups excluding tert-OH is 1. The van der Waals surface area contributed by atoms with E-state index in [4.69, 9.17) is 13.8 Å². The molecule has 0 aliphatic rings. The minimum atomic E-state index is -4.29. The van der Waals surface area contributed by atoms with Crippen molar-refractivity contribution in [3.63, 3.8) is 0 Å². The second kappa shape index (κ2) is 23.8. The van der Waals surface area contributed by atoms with E-state index in [0.29, 0.717) is 17.4 Å². The number of rotatable bonds is 23. The van der Waals surface area contributed by atoms with E-state index >= 15 is 0 Å². The summed E-state index contributed by atoms with van der Waals surface area (Å²) in [5, 5.41) is 9.38. The van der Waals surface area contributed by atoms with Crippen LogP contribution in [0.2, 0.25) is 0 Å². The van der Waals surface area contributed by atoms with Crippen LogP contribution in [0.15, 0.2) is 72.9 Å².